The highest BCUT2D eigenvalue weighted by Crippen LogP contribution is 2.29. The Morgan fingerprint density at radius 2 is 2.06 bits per heavy atom. The summed E-state index contributed by atoms with van der Waals surface area (Å²) in [5.74, 6) is -0.0158. The summed E-state index contributed by atoms with van der Waals surface area (Å²) >= 11 is 0. The number of esters is 1. The number of benzene rings is 1. The molecule has 1 aliphatic carbocycles. The molecule has 1 aliphatic heterocycles. The van der Waals surface area contributed by atoms with Gasteiger partial charge in [-0.05, 0) is 63.0 Å². The molecule has 1 aromatic rings. The fraction of sp³-hybridized carbons (Fsp3) is 0.458. The van der Waals surface area contributed by atoms with Crippen molar-refractivity contribution in [2.45, 2.75) is 45.3 Å². The van der Waals surface area contributed by atoms with Crippen LogP contribution in [0.4, 0.5) is 10.5 Å². The van der Waals surface area contributed by atoms with Crippen molar-refractivity contribution in [1.82, 2.24) is 10.6 Å². The number of amides is 1. The molecule has 1 atom stereocenters. The first kappa shape index (κ1) is 25.3. The average molecular weight is 473 g/mol. The Hall–Kier alpha value is -3.37. The molecule has 0 saturated heterocycles. The molecule has 0 bridgehead atoms. The number of aliphatic hydroxyl groups is 2. The van der Waals surface area contributed by atoms with Crippen LogP contribution in [0.1, 0.15) is 61.2 Å². The second-order valence-electron chi connectivity index (χ2n) is 9.00. The van der Waals surface area contributed by atoms with Crippen LogP contribution in [-0.2, 0) is 9.47 Å². The van der Waals surface area contributed by atoms with Crippen LogP contribution in [0.3, 0.4) is 0 Å². The van der Waals surface area contributed by atoms with Crippen molar-refractivity contribution in [3.8, 4) is 0 Å². The standard InChI is InChI=1S/C24H32N4O6/c1-24(2,3)34-23(32)28-16-7-5-6-14(8-16)11-25-21-17-9-15(19(30)12-29)10-18(22(31)33-4)20(17)26-13-27-21/h7-10,19,26,29-30H,5-6,11-13H2,1-4H3,(H,25,27)(H,28,32). The molecule has 5 N–H and O–H groups in total. The Kier molecular flexibility index (Phi) is 7.95. The minimum absolute atomic E-state index is 0.250. The first-order valence-electron chi connectivity index (χ1n) is 11.1. The molecule has 0 fully saturated rings. The third kappa shape index (κ3) is 6.36. The van der Waals surface area contributed by atoms with Gasteiger partial charge in [0.1, 0.15) is 24.2 Å². The maximum Gasteiger partial charge on any atom is 0.412 e. The fourth-order valence-corrected chi connectivity index (χ4v) is 3.65. The van der Waals surface area contributed by atoms with E-state index in [1.807, 2.05) is 12.2 Å². The van der Waals surface area contributed by atoms with Crippen LogP contribution in [0.5, 0.6) is 0 Å². The molecule has 1 unspecified atom stereocenters. The van der Waals surface area contributed by atoms with Gasteiger partial charge < -0.3 is 30.3 Å². The molecule has 1 amide bonds. The van der Waals surface area contributed by atoms with Gasteiger partial charge in [-0.15, -0.1) is 0 Å². The number of ether oxygens (including phenoxy) is 2. The zero-order chi connectivity index (χ0) is 24.9. The molecule has 1 aromatic carbocycles. The van der Waals surface area contributed by atoms with Gasteiger partial charge in [0.25, 0.3) is 0 Å². The van der Waals surface area contributed by atoms with Crippen molar-refractivity contribution in [3.05, 3.63) is 52.2 Å². The first-order valence-corrected chi connectivity index (χ1v) is 11.1. The molecule has 0 saturated carbocycles. The van der Waals surface area contributed by atoms with E-state index in [9.17, 15) is 19.8 Å². The van der Waals surface area contributed by atoms with E-state index >= 15 is 0 Å². The summed E-state index contributed by atoms with van der Waals surface area (Å²) in [4.78, 5) is 28.9. The van der Waals surface area contributed by atoms with E-state index in [2.05, 4.69) is 20.9 Å². The number of aliphatic hydroxyl groups excluding tert-OH is 2. The SMILES string of the molecule is COC(=O)c1cc(C(O)CO)cc2c1NCN=C2NCC1=CC(NC(=O)OC(C)(C)C)=CCC1. The van der Waals surface area contributed by atoms with Gasteiger partial charge in [-0.3, -0.25) is 5.32 Å². The summed E-state index contributed by atoms with van der Waals surface area (Å²) < 4.78 is 10.2. The molecule has 0 aromatic heterocycles. The minimum atomic E-state index is -1.15. The summed E-state index contributed by atoms with van der Waals surface area (Å²) in [5, 5.41) is 28.7. The van der Waals surface area contributed by atoms with E-state index in [-0.39, 0.29) is 12.2 Å². The number of nitrogens with one attached hydrogen (secondary N) is 3. The van der Waals surface area contributed by atoms with Gasteiger partial charge >= 0.3 is 12.1 Å². The van der Waals surface area contributed by atoms with Gasteiger partial charge in [0.05, 0.1) is 25.0 Å². The predicted molar refractivity (Wildman–Crippen MR) is 128 cm³/mol. The van der Waals surface area contributed by atoms with Gasteiger partial charge in [0, 0.05) is 17.8 Å². The van der Waals surface area contributed by atoms with Crippen molar-refractivity contribution in [1.29, 1.82) is 0 Å². The Balaban J connectivity index is 1.77. The van der Waals surface area contributed by atoms with Crippen molar-refractivity contribution in [2.75, 3.05) is 32.2 Å². The van der Waals surface area contributed by atoms with Crippen molar-refractivity contribution in [3.63, 3.8) is 0 Å². The number of alkyl carbamates (subject to hydrolysis) is 1. The fourth-order valence-electron chi connectivity index (χ4n) is 3.65. The largest absolute Gasteiger partial charge is 0.465 e. The molecule has 2 aliphatic rings. The van der Waals surface area contributed by atoms with E-state index in [1.165, 1.54) is 13.2 Å². The van der Waals surface area contributed by atoms with E-state index in [4.69, 9.17) is 9.47 Å². The van der Waals surface area contributed by atoms with E-state index in [1.54, 1.807) is 26.8 Å². The number of aliphatic imine (C=N–C) groups is 1. The maximum absolute atomic E-state index is 12.3. The molecule has 34 heavy (non-hydrogen) atoms. The van der Waals surface area contributed by atoms with Crippen molar-refractivity contribution >= 4 is 23.6 Å². The van der Waals surface area contributed by atoms with Gasteiger partial charge in [0.2, 0.25) is 0 Å². The number of allylic oxidation sites excluding steroid dienone is 2. The van der Waals surface area contributed by atoms with Crippen LogP contribution in [0, 0.1) is 0 Å². The normalized spacial score (nSPS) is 16.1. The van der Waals surface area contributed by atoms with Crippen LogP contribution in [-0.4, -0.2) is 60.6 Å². The van der Waals surface area contributed by atoms with Gasteiger partial charge in [-0.2, -0.15) is 0 Å². The third-order valence-electron chi connectivity index (χ3n) is 5.19. The maximum atomic E-state index is 12.3. The lowest BCUT2D eigenvalue weighted by molar-refractivity contribution is 0.0545. The monoisotopic (exact) mass is 472 g/mol. The first-order chi connectivity index (χ1) is 16.1. The Bertz CT molecular complexity index is 1040. The van der Waals surface area contributed by atoms with E-state index < -0.39 is 30.4 Å². The quantitative estimate of drug-likeness (QED) is 0.397. The number of amidine groups is 1. The highest BCUT2D eigenvalue weighted by Gasteiger charge is 2.25. The van der Waals surface area contributed by atoms with Crippen molar-refractivity contribution in [2.24, 2.45) is 4.99 Å². The summed E-state index contributed by atoms with van der Waals surface area (Å²) in [5.41, 5.74) is 2.91. The number of carbonyl (C=O) groups is 2. The zero-order valence-corrected chi connectivity index (χ0v) is 19.9. The number of anilines is 1. The number of methoxy groups -OCH3 is 1. The average Bonchev–Trinajstić information content (AvgIpc) is 2.79. The highest BCUT2D eigenvalue weighted by atomic mass is 16.6. The summed E-state index contributed by atoms with van der Waals surface area (Å²) in [6.45, 7) is 5.65. The second-order valence-corrected chi connectivity index (χ2v) is 9.00. The number of fused-ring (bicyclic) bond motifs is 1. The van der Waals surface area contributed by atoms with Gasteiger partial charge in [-0.1, -0.05) is 6.08 Å². The summed E-state index contributed by atoms with van der Waals surface area (Å²) in [6.07, 6.45) is 3.75. The zero-order valence-electron chi connectivity index (χ0n) is 19.9. The predicted octanol–water partition coefficient (Wildman–Crippen LogP) is 2.35. The lowest BCUT2D eigenvalue weighted by Gasteiger charge is -2.24. The summed E-state index contributed by atoms with van der Waals surface area (Å²) in [6, 6.07) is 3.19. The van der Waals surface area contributed by atoms with E-state index in [0.29, 0.717) is 34.9 Å². The molecule has 10 heteroatoms. The number of carbonyl (C=O) groups excluding carboxylic acids is 2. The van der Waals surface area contributed by atoms with Crippen LogP contribution in [0.2, 0.25) is 0 Å². The number of nitrogens with zero attached hydrogens (tertiary/aromatic N) is 1. The smallest absolute Gasteiger partial charge is 0.412 e. The number of hydrogen-bond donors (Lipinski definition) is 5. The minimum Gasteiger partial charge on any atom is -0.465 e. The van der Waals surface area contributed by atoms with Crippen LogP contribution >= 0.6 is 0 Å². The van der Waals surface area contributed by atoms with Crippen LogP contribution < -0.4 is 16.0 Å². The van der Waals surface area contributed by atoms with Gasteiger partial charge in [0.15, 0.2) is 0 Å². The molecule has 184 valence electrons. The second kappa shape index (κ2) is 10.7. The number of hydrogen-bond acceptors (Lipinski definition) is 9. The third-order valence-corrected chi connectivity index (χ3v) is 5.19. The van der Waals surface area contributed by atoms with Crippen molar-refractivity contribution < 1.29 is 29.3 Å². The Morgan fingerprint density at radius 1 is 1.29 bits per heavy atom. The van der Waals surface area contributed by atoms with Crippen LogP contribution in [0.25, 0.3) is 0 Å². The van der Waals surface area contributed by atoms with Crippen LogP contribution in [0.15, 0.2) is 40.5 Å². The lowest BCUT2D eigenvalue weighted by Crippen LogP contribution is -2.33. The van der Waals surface area contributed by atoms with Gasteiger partial charge in [-0.25, -0.2) is 14.6 Å². The summed E-state index contributed by atoms with van der Waals surface area (Å²) in [7, 11) is 1.28. The molecule has 0 radical (unpaired) electrons. The Labute approximate surface area is 198 Å². The molecule has 0 spiro atoms. The molecular formula is C24H32N4O6. The molecule has 1 heterocycles. The molecule has 3 rings (SSSR count). The Morgan fingerprint density at radius 3 is 2.74 bits per heavy atom. The van der Waals surface area contributed by atoms with E-state index in [0.717, 1.165) is 18.4 Å². The highest BCUT2D eigenvalue weighted by molar-refractivity contribution is 6.10. The molecular weight excluding hydrogens is 440 g/mol. The molecule has 10 nitrogen and oxygen atoms in total. The number of rotatable bonds is 6. The lowest BCUT2D eigenvalue weighted by atomic mass is 9.97. The topological polar surface area (TPSA) is 142 Å².